The van der Waals surface area contributed by atoms with Crippen LogP contribution < -0.4 is 14.4 Å². The summed E-state index contributed by atoms with van der Waals surface area (Å²) in [6.07, 6.45) is 8.01. The molecule has 10 nitrogen and oxygen atoms in total. The highest BCUT2D eigenvalue weighted by Gasteiger charge is 2.46. The fourth-order valence-corrected chi connectivity index (χ4v) is 9.15. The minimum Gasteiger partial charge on any atom is -0.501 e. The van der Waals surface area contributed by atoms with E-state index < -0.39 is 6.10 Å². The van der Waals surface area contributed by atoms with Gasteiger partial charge in [0.2, 0.25) is 0 Å². The maximum absolute atomic E-state index is 11.1. The lowest BCUT2D eigenvalue weighted by Gasteiger charge is -2.51. The number of aliphatic hydroxyl groups is 2. The fourth-order valence-electron chi connectivity index (χ4n) is 9.15. The third-order valence-electron chi connectivity index (χ3n) is 12.3. The van der Waals surface area contributed by atoms with Crippen LogP contribution in [0.2, 0.25) is 0 Å². The van der Waals surface area contributed by atoms with E-state index in [2.05, 4.69) is 43.9 Å². The third kappa shape index (κ3) is 8.20. The zero-order chi connectivity index (χ0) is 37.7. The molecule has 2 aliphatic heterocycles. The van der Waals surface area contributed by atoms with Gasteiger partial charge in [0.25, 0.3) is 0 Å². The van der Waals surface area contributed by atoms with E-state index >= 15 is 0 Å². The van der Waals surface area contributed by atoms with Crippen molar-refractivity contribution < 1.29 is 29.2 Å². The summed E-state index contributed by atoms with van der Waals surface area (Å²) in [5.41, 5.74) is 5.30. The van der Waals surface area contributed by atoms with Gasteiger partial charge in [0.1, 0.15) is 11.5 Å². The first-order valence-electron chi connectivity index (χ1n) is 19.5. The number of fused-ring (bicyclic) bond motifs is 2. The number of para-hydroxylation sites is 2. The Morgan fingerprint density at radius 1 is 0.759 bits per heavy atom. The molecule has 0 amide bonds. The summed E-state index contributed by atoms with van der Waals surface area (Å²) in [5.74, 6) is 3.07. The fraction of sp³-hybridized carbons (Fsp3) is 0.500. The van der Waals surface area contributed by atoms with Gasteiger partial charge in [-0.2, -0.15) is 0 Å². The summed E-state index contributed by atoms with van der Waals surface area (Å²) < 4.78 is 23.4. The van der Waals surface area contributed by atoms with E-state index in [0.29, 0.717) is 0 Å². The number of hydrogen-bond acceptors (Lipinski definition) is 10. The smallest absolute Gasteiger partial charge is 0.142 e. The molecule has 54 heavy (non-hydrogen) atoms. The molecule has 290 valence electrons. The molecule has 0 spiro atoms. The number of methoxy groups -OCH3 is 4. The Kier molecular flexibility index (Phi) is 12.3. The first-order valence-corrected chi connectivity index (χ1v) is 19.5. The van der Waals surface area contributed by atoms with E-state index in [0.717, 1.165) is 119 Å². The molecule has 2 saturated heterocycles. The first kappa shape index (κ1) is 38.4. The summed E-state index contributed by atoms with van der Waals surface area (Å²) in [6, 6.07) is 22.4. The molecule has 3 aromatic rings. The first-order chi connectivity index (χ1) is 26.3. The van der Waals surface area contributed by atoms with E-state index in [1.165, 1.54) is 11.3 Å². The predicted octanol–water partition coefficient (Wildman–Crippen LogP) is 5.17. The SMILES string of the molecule is COC1=CC(N2CCN(CC3Cc4cc(OC)ccc4C3O)CC2)C(CN2CCN(c3ccccc3OC)CC2)(OC)CC1.OC1C=Cc2ccccc21. The highest BCUT2D eigenvalue weighted by molar-refractivity contribution is 5.61. The average molecular weight is 739 g/mol. The van der Waals surface area contributed by atoms with Gasteiger partial charge >= 0.3 is 0 Å². The Labute approximate surface area is 321 Å². The molecule has 2 N–H and O–H groups in total. The second-order valence-electron chi connectivity index (χ2n) is 15.2. The van der Waals surface area contributed by atoms with Crippen molar-refractivity contribution in [2.45, 2.75) is 43.1 Å². The van der Waals surface area contributed by atoms with E-state index in [1.54, 1.807) is 27.4 Å². The Morgan fingerprint density at radius 2 is 1.50 bits per heavy atom. The molecule has 0 aromatic heterocycles. The van der Waals surface area contributed by atoms with Gasteiger partial charge in [-0.3, -0.25) is 9.80 Å². The molecule has 3 aromatic carbocycles. The van der Waals surface area contributed by atoms with Crippen LogP contribution in [0.1, 0.15) is 47.3 Å². The summed E-state index contributed by atoms with van der Waals surface area (Å²) in [4.78, 5) is 10.2. The predicted molar refractivity (Wildman–Crippen MR) is 213 cm³/mol. The van der Waals surface area contributed by atoms with Crippen LogP contribution in [0.15, 0.2) is 84.6 Å². The average Bonchev–Trinajstić information content (AvgIpc) is 3.76. The summed E-state index contributed by atoms with van der Waals surface area (Å²) >= 11 is 0. The Bertz CT molecular complexity index is 1770. The molecule has 5 aliphatic rings. The van der Waals surface area contributed by atoms with E-state index in [4.69, 9.17) is 18.9 Å². The van der Waals surface area contributed by atoms with Crippen molar-refractivity contribution in [3.63, 3.8) is 0 Å². The van der Waals surface area contributed by atoms with Gasteiger partial charge in [-0.1, -0.05) is 54.6 Å². The number of ether oxygens (including phenoxy) is 4. The molecule has 5 unspecified atom stereocenters. The van der Waals surface area contributed by atoms with Gasteiger partial charge in [0.05, 0.1) is 56.6 Å². The van der Waals surface area contributed by atoms with Crippen LogP contribution in [0, 0.1) is 5.92 Å². The maximum atomic E-state index is 11.1. The van der Waals surface area contributed by atoms with Crippen molar-refractivity contribution in [3.8, 4) is 11.5 Å². The number of aliphatic hydroxyl groups excluding tert-OH is 2. The largest absolute Gasteiger partial charge is 0.501 e. The quantitative estimate of drug-likeness (QED) is 0.291. The molecule has 3 aliphatic carbocycles. The molecule has 10 heteroatoms. The molecule has 8 rings (SSSR count). The summed E-state index contributed by atoms with van der Waals surface area (Å²) in [7, 11) is 7.13. The van der Waals surface area contributed by atoms with Crippen molar-refractivity contribution in [1.82, 2.24) is 14.7 Å². The van der Waals surface area contributed by atoms with Crippen molar-refractivity contribution >= 4 is 11.8 Å². The molecule has 2 fully saturated rings. The molecule has 0 radical (unpaired) electrons. The summed E-state index contributed by atoms with van der Waals surface area (Å²) in [5, 5.41) is 20.4. The highest BCUT2D eigenvalue weighted by Crippen LogP contribution is 2.40. The van der Waals surface area contributed by atoms with Crippen LogP contribution in [-0.4, -0.2) is 130 Å². The third-order valence-corrected chi connectivity index (χ3v) is 12.3. The molecule has 0 saturated carbocycles. The number of piperazine rings is 2. The Balaban J connectivity index is 0.000000386. The van der Waals surface area contributed by atoms with Crippen LogP contribution in [0.4, 0.5) is 5.69 Å². The molecular weight excluding hydrogens is 681 g/mol. The minimum absolute atomic E-state index is 0.152. The van der Waals surface area contributed by atoms with Gasteiger partial charge in [0.15, 0.2) is 0 Å². The van der Waals surface area contributed by atoms with Gasteiger partial charge in [-0.15, -0.1) is 0 Å². The zero-order valence-electron chi connectivity index (χ0n) is 32.4. The van der Waals surface area contributed by atoms with Crippen LogP contribution in [0.5, 0.6) is 11.5 Å². The highest BCUT2D eigenvalue weighted by atomic mass is 16.5. The van der Waals surface area contributed by atoms with Crippen molar-refractivity contribution in [2.75, 3.05) is 98.8 Å². The molecule has 0 bridgehead atoms. The monoisotopic (exact) mass is 738 g/mol. The molecule has 2 heterocycles. The van der Waals surface area contributed by atoms with E-state index in [9.17, 15) is 10.2 Å². The normalized spacial score (nSPS) is 27.1. The van der Waals surface area contributed by atoms with Gasteiger partial charge in [0, 0.05) is 84.9 Å². The summed E-state index contributed by atoms with van der Waals surface area (Å²) in [6.45, 7) is 9.60. The lowest BCUT2D eigenvalue weighted by Crippen LogP contribution is -2.64. The number of allylic oxidation sites excluding steroid dienone is 1. The lowest BCUT2D eigenvalue weighted by molar-refractivity contribution is -0.102. The second kappa shape index (κ2) is 17.3. The van der Waals surface area contributed by atoms with Crippen LogP contribution in [0.3, 0.4) is 0 Å². The van der Waals surface area contributed by atoms with Gasteiger partial charge < -0.3 is 39.0 Å². The molecule has 5 atom stereocenters. The second-order valence-corrected chi connectivity index (χ2v) is 15.2. The lowest BCUT2D eigenvalue weighted by atomic mass is 9.81. The Morgan fingerprint density at radius 3 is 2.22 bits per heavy atom. The number of hydrogen-bond donors (Lipinski definition) is 2. The Hall–Kier alpha value is -3.90. The number of anilines is 1. The molecular formula is C44H58N4O6. The number of benzene rings is 3. The van der Waals surface area contributed by atoms with Crippen molar-refractivity contribution in [3.05, 3.63) is 107 Å². The van der Waals surface area contributed by atoms with Gasteiger partial charge in [-0.05, 0) is 65.4 Å². The van der Waals surface area contributed by atoms with Gasteiger partial charge in [-0.25, -0.2) is 0 Å². The minimum atomic E-state index is -0.413. The maximum Gasteiger partial charge on any atom is 0.142 e. The van der Waals surface area contributed by atoms with Crippen LogP contribution in [0.25, 0.3) is 6.08 Å². The van der Waals surface area contributed by atoms with E-state index in [1.807, 2.05) is 61.7 Å². The van der Waals surface area contributed by atoms with Crippen molar-refractivity contribution in [1.29, 1.82) is 0 Å². The van der Waals surface area contributed by atoms with E-state index in [-0.39, 0.29) is 23.7 Å². The zero-order valence-corrected chi connectivity index (χ0v) is 32.4. The van der Waals surface area contributed by atoms with Crippen LogP contribution >= 0.6 is 0 Å². The standard InChI is InChI=1S/C35H50N4O5.C9H8O/c1-41-28-9-10-30-26(22-28)21-27(34(30)40)24-36-13-19-39(20-14-36)33-23-29(42-2)11-12-35(33,44-4)25-37-15-17-38(18-16-37)31-7-5-6-8-32(31)43-3;10-9-6-5-7-3-1-2-4-8(7)9/h5-10,22-23,27,33-34,40H,11-21,24-25H2,1-4H3;1-6,9-10H. The number of rotatable bonds is 10. The number of nitrogens with zero attached hydrogens (tertiary/aromatic N) is 4. The van der Waals surface area contributed by atoms with Crippen molar-refractivity contribution in [2.24, 2.45) is 5.92 Å². The topological polar surface area (TPSA) is 90.3 Å². The van der Waals surface area contributed by atoms with Crippen LogP contribution in [-0.2, 0) is 15.9 Å².